The number of aliphatic carboxylic acids is 2. The lowest BCUT2D eigenvalue weighted by Gasteiger charge is -2.23. The van der Waals surface area contributed by atoms with Gasteiger partial charge in [0.05, 0.1) is 12.6 Å². The summed E-state index contributed by atoms with van der Waals surface area (Å²) in [4.78, 5) is 60.7. The molecule has 1 aliphatic rings. The quantitative estimate of drug-likeness (QED) is 0.289. The van der Waals surface area contributed by atoms with Gasteiger partial charge in [0, 0.05) is 13.0 Å². The van der Waals surface area contributed by atoms with E-state index >= 15 is 0 Å². The summed E-state index contributed by atoms with van der Waals surface area (Å²) in [5.74, 6) is -4.20. The fourth-order valence-electron chi connectivity index (χ4n) is 3.49. The second-order valence-corrected chi connectivity index (χ2v) is 7.59. The van der Waals surface area contributed by atoms with Crippen LogP contribution in [0.15, 0.2) is 30.3 Å². The fraction of sp³-hybridized carbons (Fsp3) is 0.476. The number of hydrogen-bond donors (Lipinski definition) is 5. The number of hydrogen-bond acceptors (Lipinski definition) is 6. The first-order valence-electron chi connectivity index (χ1n) is 10.3. The van der Waals surface area contributed by atoms with Crippen LogP contribution in [-0.2, 0) is 30.4 Å². The molecule has 3 atom stereocenters. The number of carboxylic acid groups (broad SMARTS) is 2. The Morgan fingerprint density at radius 2 is 1.78 bits per heavy atom. The van der Waals surface area contributed by atoms with E-state index in [-0.39, 0.29) is 25.8 Å². The van der Waals surface area contributed by atoms with Crippen molar-refractivity contribution in [2.45, 2.75) is 50.2 Å². The van der Waals surface area contributed by atoms with Crippen LogP contribution in [0.5, 0.6) is 0 Å². The van der Waals surface area contributed by atoms with Crippen molar-refractivity contribution in [3.05, 3.63) is 35.9 Å². The Labute approximate surface area is 184 Å². The maximum absolute atomic E-state index is 12.6. The molecular formula is C21H28N4O7. The van der Waals surface area contributed by atoms with E-state index in [1.165, 1.54) is 4.90 Å². The average Bonchev–Trinajstić information content (AvgIpc) is 3.25. The van der Waals surface area contributed by atoms with Crippen LogP contribution in [0.3, 0.4) is 0 Å². The third kappa shape index (κ3) is 7.34. The van der Waals surface area contributed by atoms with Crippen LogP contribution in [0, 0.1) is 0 Å². The Kier molecular flexibility index (Phi) is 9.14. The Balaban J connectivity index is 1.95. The minimum Gasteiger partial charge on any atom is -0.481 e. The maximum Gasteiger partial charge on any atom is 0.326 e. The van der Waals surface area contributed by atoms with Crippen molar-refractivity contribution in [3.63, 3.8) is 0 Å². The zero-order valence-corrected chi connectivity index (χ0v) is 17.5. The van der Waals surface area contributed by atoms with Crippen LogP contribution < -0.4 is 16.4 Å². The minimum absolute atomic E-state index is 0.194. The van der Waals surface area contributed by atoms with Crippen molar-refractivity contribution in [2.75, 3.05) is 13.1 Å². The van der Waals surface area contributed by atoms with Crippen LogP contribution in [0.25, 0.3) is 0 Å². The average molecular weight is 448 g/mol. The summed E-state index contributed by atoms with van der Waals surface area (Å²) in [7, 11) is 0. The van der Waals surface area contributed by atoms with Crippen LogP contribution in [0.1, 0.15) is 31.2 Å². The third-order valence-corrected chi connectivity index (χ3v) is 5.19. The number of carboxylic acids is 2. The number of amides is 3. The van der Waals surface area contributed by atoms with E-state index in [2.05, 4.69) is 10.6 Å². The molecule has 1 heterocycles. The van der Waals surface area contributed by atoms with E-state index in [1.54, 1.807) is 24.3 Å². The van der Waals surface area contributed by atoms with Gasteiger partial charge < -0.3 is 31.5 Å². The lowest BCUT2D eigenvalue weighted by atomic mass is 10.0. The molecule has 6 N–H and O–H groups in total. The first-order chi connectivity index (χ1) is 15.2. The number of carbonyl (C=O) groups excluding carboxylic acids is 3. The first kappa shape index (κ1) is 24.8. The van der Waals surface area contributed by atoms with Gasteiger partial charge >= 0.3 is 11.9 Å². The molecule has 0 saturated carbocycles. The van der Waals surface area contributed by atoms with Crippen molar-refractivity contribution in [2.24, 2.45) is 5.73 Å². The molecule has 0 spiro atoms. The fourth-order valence-corrected chi connectivity index (χ4v) is 3.49. The normalized spacial score (nSPS) is 17.3. The van der Waals surface area contributed by atoms with Crippen LogP contribution in [0.2, 0.25) is 0 Å². The standard InChI is InChI=1S/C21H28N4O7/c22-14(11-13-5-2-1-3-6-13)19(29)24-15(8-9-18(27)28)20(30)23-12-17(26)25-10-4-7-16(25)21(31)32/h1-3,5-6,14-16H,4,7-12,22H2,(H,23,30)(H,24,29)(H,27,28)(H,31,32). The highest BCUT2D eigenvalue weighted by molar-refractivity contribution is 5.93. The number of nitrogens with one attached hydrogen (secondary N) is 2. The monoisotopic (exact) mass is 448 g/mol. The molecule has 0 bridgehead atoms. The van der Waals surface area contributed by atoms with Crippen molar-refractivity contribution in [1.82, 2.24) is 15.5 Å². The predicted molar refractivity (Wildman–Crippen MR) is 112 cm³/mol. The van der Waals surface area contributed by atoms with Crippen LogP contribution in [-0.4, -0.2) is 76.0 Å². The number of carbonyl (C=O) groups is 5. The van der Waals surface area contributed by atoms with Crippen molar-refractivity contribution in [1.29, 1.82) is 0 Å². The van der Waals surface area contributed by atoms with E-state index in [4.69, 9.17) is 10.8 Å². The van der Waals surface area contributed by atoms with Crippen LogP contribution in [0.4, 0.5) is 0 Å². The molecule has 2 rings (SSSR count). The van der Waals surface area contributed by atoms with Gasteiger partial charge in [-0.15, -0.1) is 0 Å². The summed E-state index contributed by atoms with van der Waals surface area (Å²) in [5, 5.41) is 22.9. The van der Waals surface area contributed by atoms with Gasteiger partial charge in [0.15, 0.2) is 0 Å². The summed E-state index contributed by atoms with van der Waals surface area (Å²) in [6, 6.07) is 5.93. The highest BCUT2D eigenvalue weighted by atomic mass is 16.4. The van der Waals surface area contributed by atoms with Gasteiger partial charge in [-0.05, 0) is 31.2 Å². The van der Waals surface area contributed by atoms with E-state index in [9.17, 15) is 29.1 Å². The summed E-state index contributed by atoms with van der Waals surface area (Å²) >= 11 is 0. The zero-order valence-electron chi connectivity index (χ0n) is 17.5. The summed E-state index contributed by atoms with van der Waals surface area (Å²) in [5.41, 5.74) is 6.75. The summed E-state index contributed by atoms with van der Waals surface area (Å²) in [6.45, 7) is -0.183. The molecule has 0 aromatic heterocycles. The molecule has 174 valence electrons. The number of likely N-dealkylation sites (tertiary alicyclic amines) is 1. The Bertz CT molecular complexity index is 846. The molecule has 0 radical (unpaired) electrons. The molecule has 0 aliphatic carbocycles. The highest BCUT2D eigenvalue weighted by Gasteiger charge is 2.34. The van der Waals surface area contributed by atoms with E-state index in [1.807, 2.05) is 6.07 Å². The zero-order chi connectivity index (χ0) is 23.7. The molecule has 3 amide bonds. The second-order valence-electron chi connectivity index (χ2n) is 7.59. The van der Waals surface area contributed by atoms with E-state index < -0.39 is 54.3 Å². The van der Waals surface area contributed by atoms with E-state index in [0.717, 1.165) is 5.56 Å². The van der Waals surface area contributed by atoms with Crippen molar-refractivity contribution < 1.29 is 34.2 Å². The van der Waals surface area contributed by atoms with Gasteiger partial charge in [-0.1, -0.05) is 30.3 Å². The molecule has 11 heteroatoms. The Morgan fingerprint density at radius 3 is 2.41 bits per heavy atom. The predicted octanol–water partition coefficient (Wildman–Crippen LogP) is -0.902. The maximum atomic E-state index is 12.6. The molecular weight excluding hydrogens is 420 g/mol. The third-order valence-electron chi connectivity index (χ3n) is 5.19. The first-order valence-corrected chi connectivity index (χ1v) is 10.3. The van der Waals surface area contributed by atoms with Gasteiger partial charge in [0.25, 0.3) is 0 Å². The molecule has 11 nitrogen and oxygen atoms in total. The molecule has 3 unspecified atom stereocenters. The Hall–Kier alpha value is -3.47. The number of benzene rings is 1. The molecule has 1 aromatic rings. The lowest BCUT2D eigenvalue weighted by Crippen LogP contribution is -2.54. The van der Waals surface area contributed by atoms with Crippen LogP contribution >= 0.6 is 0 Å². The number of nitrogens with two attached hydrogens (primary N) is 1. The van der Waals surface area contributed by atoms with Gasteiger partial charge in [0.2, 0.25) is 17.7 Å². The lowest BCUT2D eigenvalue weighted by molar-refractivity contribution is -0.148. The largest absolute Gasteiger partial charge is 0.481 e. The Morgan fingerprint density at radius 1 is 1.09 bits per heavy atom. The smallest absolute Gasteiger partial charge is 0.326 e. The second kappa shape index (κ2) is 11.8. The number of nitrogens with zero attached hydrogens (tertiary/aromatic N) is 1. The highest BCUT2D eigenvalue weighted by Crippen LogP contribution is 2.17. The molecule has 1 saturated heterocycles. The molecule has 32 heavy (non-hydrogen) atoms. The molecule has 1 fully saturated rings. The molecule has 1 aliphatic heterocycles. The van der Waals surface area contributed by atoms with Gasteiger partial charge in [-0.25, -0.2) is 4.79 Å². The SMILES string of the molecule is NC(Cc1ccccc1)C(=O)NC(CCC(=O)O)C(=O)NCC(=O)N1CCCC1C(=O)O. The van der Waals surface area contributed by atoms with Gasteiger partial charge in [-0.3, -0.25) is 19.2 Å². The van der Waals surface area contributed by atoms with Gasteiger partial charge in [0.1, 0.15) is 12.1 Å². The summed E-state index contributed by atoms with van der Waals surface area (Å²) in [6.07, 6.45) is 0.539. The molecule has 1 aromatic carbocycles. The van der Waals surface area contributed by atoms with Crippen molar-refractivity contribution >= 4 is 29.7 Å². The van der Waals surface area contributed by atoms with Gasteiger partial charge in [-0.2, -0.15) is 0 Å². The van der Waals surface area contributed by atoms with E-state index in [0.29, 0.717) is 12.8 Å². The number of rotatable bonds is 11. The topological polar surface area (TPSA) is 179 Å². The minimum atomic E-state index is -1.21. The van der Waals surface area contributed by atoms with Crippen molar-refractivity contribution in [3.8, 4) is 0 Å². The summed E-state index contributed by atoms with van der Waals surface area (Å²) < 4.78 is 0.